The molecule has 1 aromatic rings. The van der Waals surface area contributed by atoms with E-state index in [1.54, 1.807) is 0 Å². The van der Waals surface area contributed by atoms with Crippen LogP contribution in [-0.4, -0.2) is 29.9 Å². The molecule has 1 atom stereocenters. The molecule has 1 fully saturated rings. The molecule has 1 heterocycles. The van der Waals surface area contributed by atoms with Gasteiger partial charge in [-0.15, -0.1) is 0 Å². The van der Waals surface area contributed by atoms with Gasteiger partial charge < -0.3 is 5.32 Å². The van der Waals surface area contributed by atoms with Crippen LogP contribution in [0.5, 0.6) is 0 Å². The van der Waals surface area contributed by atoms with Crippen LogP contribution in [0.15, 0.2) is 24.3 Å². The number of carbonyl (C=O) groups excluding carboxylic acids is 1. The highest BCUT2D eigenvalue weighted by Gasteiger charge is 2.22. The molecule has 1 N–H and O–H groups in total. The second-order valence-corrected chi connectivity index (χ2v) is 6.81. The Morgan fingerprint density at radius 1 is 1.32 bits per heavy atom. The van der Waals surface area contributed by atoms with Crippen LogP contribution < -0.4 is 5.32 Å². The third-order valence-corrected chi connectivity index (χ3v) is 4.67. The first-order valence-electron chi connectivity index (χ1n) is 8.35. The molecule has 0 aliphatic carbocycles. The standard InChI is InChI=1S/C18H27ClN2O/c1-3-4-14(2)18(22)20-17-9-11-21(12-10-17)13-15-5-7-16(19)8-6-15/h5-8,14,17H,3-4,9-13H2,1-2H3,(H,20,22). The molecule has 0 radical (unpaired) electrons. The van der Waals surface area contributed by atoms with Crippen molar-refractivity contribution < 1.29 is 4.79 Å². The Hall–Kier alpha value is -1.06. The van der Waals surface area contributed by atoms with E-state index in [0.717, 1.165) is 50.3 Å². The van der Waals surface area contributed by atoms with Crippen molar-refractivity contribution in [3.63, 3.8) is 0 Å². The van der Waals surface area contributed by atoms with Crippen molar-refractivity contribution in [3.05, 3.63) is 34.9 Å². The number of benzene rings is 1. The summed E-state index contributed by atoms with van der Waals surface area (Å²) in [5.74, 6) is 0.357. The van der Waals surface area contributed by atoms with Crippen LogP contribution in [0.1, 0.15) is 45.1 Å². The van der Waals surface area contributed by atoms with Gasteiger partial charge in [-0.1, -0.05) is 44.0 Å². The van der Waals surface area contributed by atoms with Crippen LogP contribution in [0.3, 0.4) is 0 Å². The number of hydrogen-bond acceptors (Lipinski definition) is 2. The van der Waals surface area contributed by atoms with Gasteiger partial charge >= 0.3 is 0 Å². The monoisotopic (exact) mass is 322 g/mol. The van der Waals surface area contributed by atoms with Gasteiger partial charge in [-0.05, 0) is 37.0 Å². The van der Waals surface area contributed by atoms with Crippen molar-refractivity contribution in [1.82, 2.24) is 10.2 Å². The number of rotatable bonds is 6. The zero-order chi connectivity index (χ0) is 15.9. The minimum Gasteiger partial charge on any atom is -0.353 e. The first kappa shape index (κ1) is 17.3. The average molecular weight is 323 g/mol. The summed E-state index contributed by atoms with van der Waals surface area (Å²) in [6, 6.07) is 8.40. The third-order valence-electron chi connectivity index (χ3n) is 4.42. The molecule has 1 aromatic carbocycles. The largest absolute Gasteiger partial charge is 0.353 e. The Bertz CT molecular complexity index is 466. The average Bonchev–Trinajstić information content (AvgIpc) is 2.51. The summed E-state index contributed by atoms with van der Waals surface area (Å²) in [4.78, 5) is 14.5. The van der Waals surface area contributed by atoms with Gasteiger partial charge in [0.05, 0.1) is 0 Å². The van der Waals surface area contributed by atoms with E-state index in [9.17, 15) is 4.79 Å². The van der Waals surface area contributed by atoms with Gasteiger partial charge in [0.15, 0.2) is 0 Å². The summed E-state index contributed by atoms with van der Waals surface area (Å²) in [5, 5.41) is 4.00. The van der Waals surface area contributed by atoms with Gasteiger partial charge in [-0.25, -0.2) is 0 Å². The van der Waals surface area contributed by atoms with E-state index in [1.165, 1.54) is 5.56 Å². The number of nitrogens with zero attached hydrogens (tertiary/aromatic N) is 1. The maximum Gasteiger partial charge on any atom is 0.223 e. The highest BCUT2D eigenvalue weighted by molar-refractivity contribution is 6.30. The quantitative estimate of drug-likeness (QED) is 0.862. The van der Waals surface area contributed by atoms with Gasteiger partial charge in [0, 0.05) is 36.6 Å². The number of piperidine rings is 1. The van der Waals surface area contributed by atoms with Gasteiger partial charge in [0.25, 0.3) is 0 Å². The van der Waals surface area contributed by atoms with Gasteiger partial charge in [-0.3, -0.25) is 9.69 Å². The normalized spacial score (nSPS) is 18.1. The fraction of sp³-hybridized carbons (Fsp3) is 0.611. The second kappa shape index (κ2) is 8.54. The van der Waals surface area contributed by atoms with E-state index < -0.39 is 0 Å². The van der Waals surface area contributed by atoms with Crippen LogP contribution in [0.25, 0.3) is 0 Å². The molecule has 22 heavy (non-hydrogen) atoms. The fourth-order valence-corrected chi connectivity index (χ4v) is 3.12. The van der Waals surface area contributed by atoms with E-state index in [1.807, 2.05) is 19.1 Å². The molecule has 0 saturated carbocycles. The van der Waals surface area contributed by atoms with E-state index in [0.29, 0.717) is 6.04 Å². The molecule has 0 bridgehead atoms. The zero-order valence-electron chi connectivity index (χ0n) is 13.6. The van der Waals surface area contributed by atoms with E-state index in [2.05, 4.69) is 29.3 Å². The number of amides is 1. The topological polar surface area (TPSA) is 32.3 Å². The molecule has 4 heteroatoms. The SMILES string of the molecule is CCCC(C)C(=O)NC1CCN(Cc2ccc(Cl)cc2)CC1. The fourth-order valence-electron chi connectivity index (χ4n) is 2.99. The number of carbonyl (C=O) groups is 1. The van der Waals surface area contributed by atoms with Crippen LogP contribution in [0.4, 0.5) is 0 Å². The minimum absolute atomic E-state index is 0.136. The maximum atomic E-state index is 12.1. The maximum absolute atomic E-state index is 12.1. The van der Waals surface area contributed by atoms with Crippen molar-refractivity contribution >= 4 is 17.5 Å². The molecule has 1 aliphatic heterocycles. The van der Waals surface area contributed by atoms with Gasteiger partial charge in [-0.2, -0.15) is 0 Å². The summed E-state index contributed by atoms with van der Waals surface area (Å²) in [6.45, 7) is 7.18. The molecular formula is C18H27ClN2O. The first-order valence-corrected chi connectivity index (χ1v) is 8.73. The van der Waals surface area contributed by atoms with E-state index >= 15 is 0 Å². The number of hydrogen-bond donors (Lipinski definition) is 1. The summed E-state index contributed by atoms with van der Waals surface area (Å²) < 4.78 is 0. The summed E-state index contributed by atoms with van der Waals surface area (Å²) in [7, 11) is 0. The lowest BCUT2D eigenvalue weighted by atomic mass is 10.0. The van der Waals surface area contributed by atoms with Crippen molar-refractivity contribution in [3.8, 4) is 0 Å². The van der Waals surface area contributed by atoms with Crippen LogP contribution in [-0.2, 0) is 11.3 Å². The molecule has 122 valence electrons. The number of likely N-dealkylation sites (tertiary alicyclic amines) is 1. The van der Waals surface area contributed by atoms with Crippen LogP contribution in [0.2, 0.25) is 5.02 Å². The van der Waals surface area contributed by atoms with Crippen LogP contribution in [0, 0.1) is 5.92 Å². The molecule has 1 aliphatic rings. The Labute approximate surface area is 139 Å². The van der Waals surface area contributed by atoms with Crippen molar-refractivity contribution in [1.29, 1.82) is 0 Å². The number of nitrogens with one attached hydrogen (secondary N) is 1. The summed E-state index contributed by atoms with van der Waals surface area (Å²) in [5.41, 5.74) is 1.29. The smallest absolute Gasteiger partial charge is 0.223 e. The lowest BCUT2D eigenvalue weighted by molar-refractivity contribution is -0.125. The highest BCUT2D eigenvalue weighted by atomic mass is 35.5. The van der Waals surface area contributed by atoms with E-state index in [-0.39, 0.29) is 11.8 Å². The van der Waals surface area contributed by atoms with Crippen molar-refractivity contribution in [2.45, 2.75) is 52.1 Å². The second-order valence-electron chi connectivity index (χ2n) is 6.38. The minimum atomic E-state index is 0.136. The Morgan fingerprint density at radius 2 is 1.95 bits per heavy atom. The molecule has 3 nitrogen and oxygen atoms in total. The Kier molecular flexibility index (Phi) is 6.71. The van der Waals surface area contributed by atoms with Crippen LogP contribution >= 0.6 is 11.6 Å². The summed E-state index contributed by atoms with van der Waals surface area (Å²) in [6.07, 6.45) is 4.12. The van der Waals surface area contributed by atoms with Crippen molar-refractivity contribution in [2.75, 3.05) is 13.1 Å². The van der Waals surface area contributed by atoms with Crippen molar-refractivity contribution in [2.24, 2.45) is 5.92 Å². The van der Waals surface area contributed by atoms with E-state index in [4.69, 9.17) is 11.6 Å². The molecule has 1 amide bonds. The molecular weight excluding hydrogens is 296 g/mol. The Balaban J connectivity index is 1.73. The predicted molar refractivity (Wildman–Crippen MR) is 92.0 cm³/mol. The molecule has 0 aromatic heterocycles. The molecule has 1 saturated heterocycles. The molecule has 0 spiro atoms. The number of halogens is 1. The van der Waals surface area contributed by atoms with Gasteiger partial charge in [0.2, 0.25) is 5.91 Å². The van der Waals surface area contributed by atoms with Gasteiger partial charge in [0.1, 0.15) is 0 Å². The molecule has 2 rings (SSSR count). The highest BCUT2D eigenvalue weighted by Crippen LogP contribution is 2.16. The lowest BCUT2D eigenvalue weighted by Gasteiger charge is -2.33. The Morgan fingerprint density at radius 3 is 2.55 bits per heavy atom. The zero-order valence-corrected chi connectivity index (χ0v) is 14.4. The first-order chi connectivity index (χ1) is 10.6. The molecule has 1 unspecified atom stereocenters. The lowest BCUT2D eigenvalue weighted by Crippen LogP contribution is -2.45. The predicted octanol–water partition coefficient (Wildman–Crippen LogP) is 3.86. The third kappa shape index (κ3) is 5.29. The summed E-state index contributed by atoms with van der Waals surface area (Å²) >= 11 is 5.92.